The number of amides is 1. The molecule has 0 spiro atoms. The Kier molecular flexibility index (Phi) is 7.31. The summed E-state index contributed by atoms with van der Waals surface area (Å²) in [6.07, 6.45) is 2.20. The van der Waals surface area contributed by atoms with Crippen LogP contribution >= 0.6 is 0 Å². The van der Waals surface area contributed by atoms with Crippen LogP contribution in [-0.4, -0.2) is 41.8 Å². The van der Waals surface area contributed by atoms with Crippen LogP contribution in [0.25, 0.3) is 0 Å². The number of hydrogen-bond donors (Lipinski definition) is 1. The molecule has 0 fully saturated rings. The van der Waals surface area contributed by atoms with Crippen molar-refractivity contribution in [2.45, 2.75) is 37.6 Å². The molecule has 0 aromatic heterocycles. The van der Waals surface area contributed by atoms with Gasteiger partial charge in [0.2, 0.25) is 15.9 Å². The van der Waals surface area contributed by atoms with Crippen molar-refractivity contribution < 1.29 is 21.6 Å². The van der Waals surface area contributed by atoms with Gasteiger partial charge in [-0.15, -0.1) is 0 Å². The van der Waals surface area contributed by atoms with Gasteiger partial charge >= 0.3 is 0 Å². The second-order valence-electron chi connectivity index (χ2n) is 7.61. The average molecular weight is 453 g/mol. The summed E-state index contributed by atoms with van der Waals surface area (Å²) in [7, 11) is -6.99. The summed E-state index contributed by atoms with van der Waals surface area (Å²) in [5, 5.41) is 2.78. The fourth-order valence-electron chi connectivity index (χ4n) is 3.09. The highest BCUT2D eigenvalue weighted by Gasteiger charge is 2.24. The molecule has 0 aliphatic carbocycles. The molecular weight excluding hydrogens is 424 g/mol. The number of para-hydroxylation sites is 1. The van der Waals surface area contributed by atoms with Crippen LogP contribution in [-0.2, 0) is 24.7 Å². The van der Waals surface area contributed by atoms with E-state index in [1.807, 2.05) is 26.0 Å². The van der Waals surface area contributed by atoms with Crippen molar-refractivity contribution in [1.29, 1.82) is 0 Å². The van der Waals surface area contributed by atoms with Crippen LogP contribution in [0.3, 0.4) is 0 Å². The summed E-state index contributed by atoms with van der Waals surface area (Å²) in [6, 6.07) is 12.9. The number of carbonyl (C=O) groups is 1. The number of carbonyl (C=O) groups excluding carboxylic acids is 1. The van der Waals surface area contributed by atoms with E-state index in [0.717, 1.165) is 22.4 Å². The number of sulfonamides is 1. The highest BCUT2D eigenvalue weighted by Crippen LogP contribution is 2.29. The largest absolute Gasteiger partial charge is 0.348 e. The van der Waals surface area contributed by atoms with Gasteiger partial charge in [0.1, 0.15) is 6.54 Å². The fraction of sp³-hybridized carbons (Fsp3) is 0.381. The van der Waals surface area contributed by atoms with Crippen molar-refractivity contribution >= 4 is 31.5 Å². The molecule has 7 nitrogen and oxygen atoms in total. The van der Waals surface area contributed by atoms with Gasteiger partial charge in [0.25, 0.3) is 0 Å². The number of nitrogens with zero attached hydrogens (tertiary/aromatic N) is 1. The first-order chi connectivity index (χ1) is 13.8. The van der Waals surface area contributed by atoms with Crippen LogP contribution in [0.5, 0.6) is 0 Å². The molecule has 9 heteroatoms. The van der Waals surface area contributed by atoms with Gasteiger partial charge in [-0.05, 0) is 42.2 Å². The molecule has 30 heavy (non-hydrogen) atoms. The minimum absolute atomic E-state index is 0.0841. The molecule has 0 saturated heterocycles. The topological polar surface area (TPSA) is 101 Å². The highest BCUT2D eigenvalue weighted by atomic mass is 32.2. The van der Waals surface area contributed by atoms with Crippen molar-refractivity contribution in [3.63, 3.8) is 0 Å². The number of rotatable bonds is 8. The molecule has 0 radical (unpaired) electrons. The lowest BCUT2D eigenvalue weighted by Gasteiger charge is -2.26. The average Bonchev–Trinajstić information content (AvgIpc) is 2.64. The first-order valence-corrected chi connectivity index (χ1v) is 13.2. The van der Waals surface area contributed by atoms with E-state index in [4.69, 9.17) is 0 Å². The van der Waals surface area contributed by atoms with Crippen molar-refractivity contribution in [1.82, 2.24) is 5.32 Å². The molecule has 164 valence electrons. The molecule has 0 heterocycles. The molecule has 0 aliphatic heterocycles. The lowest BCUT2D eigenvalue weighted by atomic mass is 10.0. The molecule has 2 aromatic carbocycles. The summed E-state index contributed by atoms with van der Waals surface area (Å²) in [5.74, 6) is -0.375. The van der Waals surface area contributed by atoms with E-state index in [1.165, 1.54) is 12.1 Å². The first kappa shape index (κ1) is 23.9. The Morgan fingerprint density at radius 3 is 2.00 bits per heavy atom. The van der Waals surface area contributed by atoms with Gasteiger partial charge in [-0.25, -0.2) is 16.8 Å². The molecule has 0 saturated carbocycles. The summed E-state index contributed by atoms with van der Waals surface area (Å²) in [4.78, 5) is 12.8. The van der Waals surface area contributed by atoms with Crippen LogP contribution in [0, 0.1) is 0 Å². The Balaban J connectivity index is 2.21. The van der Waals surface area contributed by atoms with Crippen molar-refractivity contribution in [2.75, 3.05) is 23.4 Å². The van der Waals surface area contributed by atoms with Crippen molar-refractivity contribution in [3.05, 3.63) is 59.7 Å². The first-order valence-electron chi connectivity index (χ1n) is 9.46. The van der Waals surface area contributed by atoms with Gasteiger partial charge < -0.3 is 5.32 Å². The number of sulfone groups is 1. The monoisotopic (exact) mass is 452 g/mol. The van der Waals surface area contributed by atoms with E-state index >= 15 is 0 Å². The summed E-state index contributed by atoms with van der Waals surface area (Å²) >= 11 is 0. The van der Waals surface area contributed by atoms with Gasteiger partial charge in [-0.1, -0.05) is 44.2 Å². The predicted octanol–water partition coefficient (Wildman–Crippen LogP) is 2.86. The van der Waals surface area contributed by atoms with E-state index in [2.05, 4.69) is 5.32 Å². The zero-order chi connectivity index (χ0) is 22.7. The Bertz CT molecular complexity index is 1110. The standard InChI is InChI=1S/C21H28N2O5S2/c1-15(2)19-8-6-7-9-20(19)23(30(5,27)28)14-21(24)22-16(3)17-10-12-18(13-11-17)29(4,25)26/h6-13,15-16H,14H2,1-5H3,(H,22,24)/t16-/m1/s1. The molecule has 0 bridgehead atoms. The van der Waals surface area contributed by atoms with Crippen molar-refractivity contribution in [3.8, 4) is 0 Å². The third-order valence-electron chi connectivity index (χ3n) is 4.70. The van der Waals surface area contributed by atoms with E-state index in [-0.39, 0.29) is 17.4 Å². The minimum Gasteiger partial charge on any atom is -0.348 e. The maximum absolute atomic E-state index is 12.7. The van der Waals surface area contributed by atoms with Gasteiger partial charge in [-0.2, -0.15) is 0 Å². The maximum atomic E-state index is 12.7. The van der Waals surface area contributed by atoms with E-state index in [0.29, 0.717) is 11.3 Å². The number of nitrogens with one attached hydrogen (secondary N) is 1. The second kappa shape index (κ2) is 9.18. The minimum atomic E-state index is -3.69. The fourth-order valence-corrected chi connectivity index (χ4v) is 4.59. The summed E-state index contributed by atoms with van der Waals surface area (Å²) in [6.45, 7) is 5.32. The zero-order valence-electron chi connectivity index (χ0n) is 17.8. The molecule has 2 rings (SSSR count). The van der Waals surface area contributed by atoms with Crippen LogP contribution < -0.4 is 9.62 Å². The zero-order valence-corrected chi connectivity index (χ0v) is 19.4. The predicted molar refractivity (Wildman–Crippen MR) is 119 cm³/mol. The van der Waals surface area contributed by atoms with Crippen LogP contribution in [0.2, 0.25) is 0 Å². The summed E-state index contributed by atoms with van der Waals surface area (Å²) in [5.41, 5.74) is 2.03. The highest BCUT2D eigenvalue weighted by molar-refractivity contribution is 7.92. The van der Waals surface area contributed by atoms with Crippen LogP contribution in [0.15, 0.2) is 53.4 Å². The Hall–Kier alpha value is -2.39. The number of anilines is 1. The molecule has 1 amide bonds. The van der Waals surface area contributed by atoms with E-state index < -0.39 is 31.8 Å². The molecule has 0 aliphatic rings. The molecule has 1 N–H and O–H groups in total. The third kappa shape index (κ3) is 6.06. The van der Waals surface area contributed by atoms with Gasteiger partial charge in [0, 0.05) is 6.26 Å². The molecular formula is C21H28N2O5S2. The quantitative estimate of drug-likeness (QED) is 0.664. The van der Waals surface area contributed by atoms with Gasteiger partial charge in [0.05, 0.1) is 22.9 Å². The lowest BCUT2D eigenvalue weighted by Crippen LogP contribution is -2.41. The van der Waals surface area contributed by atoms with Gasteiger partial charge in [-0.3, -0.25) is 9.10 Å². The lowest BCUT2D eigenvalue weighted by molar-refractivity contribution is -0.120. The SMILES string of the molecule is CC(C)c1ccccc1N(CC(=O)N[C@H](C)c1ccc(S(C)(=O)=O)cc1)S(C)(=O)=O. The van der Waals surface area contributed by atoms with Crippen LogP contribution in [0.4, 0.5) is 5.69 Å². The van der Waals surface area contributed by atoms with Crippen molar-refractivity contribution in [2.24, 2.45) is 0 Å². The Labute approximate surface area is 179 Å². The van der Waals surface area contributed by atoms with Gasteiger partial charge in [0.15, 0.2) is 9.84 Å². The van der Waals surface area contributed by atoms with E-state index in [9.17, 15) is 21.6 Å². The van der Waals surface area contributed by atoms with E-state index in [1.54, 1.807) is 31.2 Å². The Morgan fingerprint density at radius 2 is 1.50 bits per heavy atom. The smallest absolute Gasteiger partial charge is 0.241 e. The summed E-state index contributed by atoms with van der Waals surface area (Å²) < 4.78 is 49.1. The molecule has 1 atom stereocenters. The maximum Gasteiger partial charge on any atom is 0.241 e. The second-order valence-corrected chi connectivity index (χ2v) is 11.5. The third-order valence-corrected chi connectivity index (χ3v) is 6.96. The molecule has 0 unspecified atom stereocenters. The number of benzene rings is 2. The van der Waals surface area contributed by atoms with Crippen LogP contribution in [0.1, 0.15) is 43.9 Å². The number of hydrogen-bond acceptors (Lipinski definition) is 5. The molecule has 2 aromatic rings. The Morgan fingerprint density at radius 1 is 0.933 bits per heavy atom. The normalized spacial score (nSPS) is 13.1.